The van der Waals surface area contributed by atoms with Crippen molar-refractivity contribution in [3.05, 3.63) is 22.8 Å². The molecule has 0 aliphatic rings. The Kier molecular flexibility index (Phi) is 4.87. The average Bonchev–Trinajstić information content (AvgIpc) is 2.20. The molecule has 0 amide bonds. The van der Waals surface area contributed by atoms with E-state index in [1.54, 1.807) is 6.07 Å². The summed E-state index contributed by atoms with van der Waals surface area (Å²) < 4.78 is 0. The van der Waals surface area contributed by atoms with Crippen LogP contribution in [0.2, 0.25) is 5.02 Å². The van der Waals surface area contributed by atoms with E-state index < -0.39 is 5.97 Å². The molecule has 1 aromatic rings. The van der Waals surface area contributed by atoms with Crippen molar-refractivity contribution in [2.45, 2.75) is 11.4 Å². The highest BCUT2D eigenvalue weighted by atomic mass is 35.5. The van der Waals surface area contributed by atoms with Crippen molar-refractivity contribution in [1.82, 2.24) is 4.98 Å². The van der Waals surface area contributed by atoms with Gasteiger partial charge in [0.1, 0.15) is 0 Å². The molecule has 4 nitrogen and oxygen atoms in total. The van der Waals surface area contributed by atoms with Crippen molar-refractivity contribution in [3.8, 4) is 0 Å². The summed E-state index contributed by atoms with van der Waals surface area (Å²) in [5.74, 6) is -0.436. The van der Waals surface area contributed by atoms with Gasteiger partial charge in [0, 0.05) is 12.4 Å². The number of carbonyl (C=O) groups is 1. The van der Waals surface area contributed by atoms with Crippen LogP contribution in [0.1, 0.15) is 16.9 Å². The molecule has 6 heteroatoms. The highest BCUT2D eigenvalue weighted by Crippen LogP contribution is 2.21. The highest BCUT2D eigenvalue weighted by molar-refractivity contribution is 7.99. The number of aromatic nitrogens is 1. The van der Waals surface area contributed by atoms with Crippen LogP contribution < -0.4 is 0 Å². The molecular weight excluding hydrogens is 238 g/mol. The lowest BCUT2D eigenvalue weighted by atomic mass is 10.3. The van der Waals surface area contributed by atoms with Crippen molar-refractivity contribution >= 4 is 29.3 Å². The van der Waals surface area contributed by atoms with Gasteiger partial charge >= 0.3 is 5.97 Å². The van der Waals surface area contributed by atoms with E-state index in [0.29, 0.717) is 17.2 Å². The second-order valence-corrected chi connectivity index (χ2v) is 4.23. The number of halogens is 1. The maximum Gasteiger partial charge on any atom is 0.356 e. The van der Waals surface area contributed by atoms with E-state index in [1.807, 2.05) is 0 Å². The molecule has 0 saturated heterocycles. The molecule has 0 aromatic carbocycles. The SMILES string of the molecule is O=C(O)c1nc(SCCCO)ccc1Cl. The highest BCUT2D eigenvalue weighted by Gasteiger charge is 2.11. The fourth-order valence-electron chi connectivity index (χ4n) is 0.896. The first kappa shape index (κ1) is 12.3. The third kappa shape index (κ3) is 3.70. The molecule has 0 aliphatic carbocycles. The number of nitrogens with zero attached hydrogens (tertiary/aromatic N) is 1. The molecule has 0 atom stereocenters. The molecule has 0 aliphatic heterocycles. The number of rotatable bonds is 5. The van der Waals surface area contributed by atoms with E-state index in [4.69, 9.17) is 21.8 Å². The monoisotopic (exact) mass is 247 g/mol. The number of carboxylic acids is 1. The van der Waals surface area contributed by atoms with E-state index in [2.05, 4.69) is 4.98 Å². The van der Waals surface area contributed by atoms with Gasteiger partial charge in [-0.05, 0) is 18.6 Å². The van der Waals surface area contributed by atoms with Gasteiger partial charge in [0.2, 0.25) is 0 Å². The van der Waals surface area contributed by atoms with E-state index >= 15 is 0 Å². The lowest BCUT2D eigenvalue weighted by molar-refractivity contribution is 0.0690. The number of aliphatic hydroxyl groups is 1. The number of hydrogen-bond donors (Lipinski definition) is 2. The number of carboxylic acid groups (broad SMARTS) is 1. The topological polar surface area (TPSA) is 70.4 Å². The van der Waals surface area contributed by atoms with Gasteiger partial charge in [-0.1, -0.05) is 11.6 Å². The largest absolute Gasteiger partial charge is 0.476 e. The summed E-state index contributed by atoms with van der Waals surface area (Å²) in [5.41, 5.74) is -0.134. The van der Waals surface area contributed by atoms with E-state index in [0.717, 1.165) is 0 Å². The predicted molar refractivity (Wildman–Crippen MR) is 58.6 cm³/mol. The average molecular weight is 248 g/mol. The summed E-state index contributed by atoms with van der Waals surface area (Å²) in [5, 5.41) is 18.1. The molecule has 0 unspecified atom stereocenters. The summed E-state index contributed by atoms with van der Waals surface area (Å²) >= 11 is 7.05. The molecule has 0 bridgehead atoms. The molecular formula is C9H10ClNO3S. The quantitative estimate of drug-likeness (QED) is 0.614. The fraction of sp³-hybridized carbons (Fsp3) is 0.333. The Morgan fingerprint density at radius 1 is 1.53 bits per heavy atom. The molecule has 0 saturated carbocycles. The van der Waals surface area contributed by atoms with Crippen LogP contribution in [0.3, 0.4) is 0 Å². The Labute approximate surface area is 96.3 Å². The van der Waals surface area contributed by atoms with Gasteiger partial charge in [-0.3, -0.25) is 0 Å². The van der Waals surface area contributed by atoms with Crippen LogP contribution in [-0.2, 0) is 0 Å². The second kappa shape index (κ2) is 5.95. The van der Waals surface area contributed by atoms with Crippen LogP contribution in [0.15, 0.2) is 17.2 Å². The zero-order valence-corrected chi connectivity index (χ0v) is 9.38. The van der Waals surface area contributed by atoms with Gasteiger partial charge in [-0.2, -0.15) is 0 Å². The Hall–Kier alpha value is -0.780. The third-order valence-corrected chi connectivity index (χ3v) is 2.90. The molecule has 2 N–H and O–H groups in total. The third-order valence-electron chi connectivity index (χ3n) is 1.58. The van der Waals surface area contributed by atoms with Gasteiger partial charge < -0.3 is 10.2 Å². The first-order valence-corrected chi connectivity index (χ1v) is 5.65. The molecule has 1 aromatic heterocycles. The molecule has 0 fully saturated rings. The van der Waals surface area contributed by atoms with Crippen molar-refractivity contribution in [2.75, 3.05) is 12.4 Å². The summed E-state index contributed by atoms with van der Waals surface area (Å²) in [7, 11) is 0. The van der Waals surface area contributed by atoms with Crippen LogP contribution in [0.4, 0.5) is 0 Å². The number of thioether (sulfide) groups is 1. The Bertz CT molecular complexity index is 359. The first-order chi connectivity index (χ1) is 7.15. The van der Waals surface area contributed by atoms with Crippen molar-refractivity contribution in [3.63, 3.8) is 0 Å². The van der Waals surface area contributed by atoms with Crippen LogP contribution in [0, 0.1) is 0 Å². The van der Waals surface area contributed by atoms with Gasteiger partial charge in [0.25, 0.3) is 0 Å². The smallest absolute Gasteiger partial charge is 0.356 e. The Morgan fingerprint density at radius 3 is 2.87 bits per heavy atom. The Morgan fingerprint density at radius 2 is 2.27 bits per heavy atom. The zero-order chi connectivity index (χ0) is 11.3. The number of hydrogen-bond acceptors (Lipinski definition) is 4. The van der Waals surface area contributed by atoms with Crippen LogP contribution in [-0.4, -0.2) is 33.5 Å². The molecule has 15 heavy (non-hydrogen) atoms. The summed E-state index contributed by atoms with van der Waals surface area (Å²) in [6.45, 7) is 0.117. The van der Waals surface area contributed by atoms with E-state index in [9.17, 15) is 4.79 Å². The summed E-state index contributed by atoms with van der Waals surface area (Å²) in [6, 6.07) is 3.18. The predicted octanol–water partition coefficient (Wildman–Crippen LogP) is 1.91. The standard InChI is InChI=1S/C9H10ClNO3S/c10-6-2-3-7(15-5-1-4-12)11-8(6)9(13)14/h2-3,12H,1,4-5H2,(H,13,14). The summed E-state index contributed by atoms with van der Waals surface area (Å²) in [6.07, 6.45) is 0.650. The summed E-state index contributed by atoms with van der Waals surface area (Å²) in [4.78, 5) is 14.6. The van der Waals surface area contributed by atoms with Crippen molar-refractivity contribution in [2.24, 2.45) is 0 Å². The number of aromatic carboxylic acids is 1. The second-order valence-electron chi connectivity index (χ2n) is 2.71. The van der Waals surface area contributed by atoms with Crippen molar-refractivity contribution < 1.29 is 15.0 Å². The minimum absolute atomic E-state index is 0.117. The van der Waals surface area contributed by atoms with Crippen LogP contribution in [0.5, 0.6) is 0 Å². The van der Waals surface area contributed by atoms with Gasteiger partial charge in [-0.15, -0.1) is 11.8 Å². The lowest BCUT2D eigenvalue weighted by Gasteiger charge is -2.02. The maximum atomic E-state index is 10.7. The van der Waals surface area contributed by atoms with Crippen LogP contribution in [0.25, 0.3) is 0 Å². The Balaban J connectivity index is 2.74. The van der Waals surface area contributed by atoms with Gasteiger partial charge in [0.05, 0.1) is 10.0 Å². The van der Waals surface area contributed by atoms with Crippen LogP contribution >= 0.6 is 23.4 Å². The minimum Gasteiger partial charge on any atom is -0.476 e. The lowest BCUT2D eigenvalue weighted by Crippen LogP contribution is -2.02. The van der Waals surface area contributed by atoms with E-state index in [1.165, 1.54) is 17.8 Å². The molecule has 82 valence electrons. The van der Waals surface area contributed by atoms with Gasteiger partial charge in [0.15, 0.2) is 5.69 Å². The normalized spacial score (nSPS) is 10.3. The van der Waals surface area contributed by atoms with Crippen molar-refractivity contribution in [1.29, 1.82) is 0 Å². The number of pyridine rings is 1. The van der Waals surface area contributed by atoms with E-state index in [-0.39, 0.29) is 17.3 Å². The first-order valence-electron chi connectivity index (χ1n) is 4.28. The molecule has 0 spiro atoms. The zero-order valence-electron chi connectivity index (χ0n) is 7.81. The molecule has 0 radical (unpaired) electrons. The fourth-order valence-corrected chi connectivity index (χ4v) is 1.88. The molecule has 1 heterocycles. The molecule has 1 rings (SSSR count). The van der Waals surface area contributed by atoms with Gasteiger partial charge in [-0.25, -0.2) is 9.78 Å². The minimum atomic E-state index is -1.13. The maximum absolute atomic E-state index is 10.7. The number of aliphatic hydroxyl groups excluding tert-OH is 1.